The molecule has 0 radical (unpaired) electrons. The number of imide groups is 1. The summed E-state index contributed by atoms with van der Waals surface area (Å²) in [5.74, 6) is -3.72. The molecule has 1 heterocycles. The molecule has 1 fully saturated rings. The summed E-state index contributed by atoms with van der Waals surface area (Å²) in [6.07, 6.45) is -1.08. The second-order valence-electron chi connectivity index (χ2n) is 5.28. The van der Waals surface area contributed by atoms with E-state index in [2.05, 4.69) is 5.43 Å². The zero-order chi connectivity index (χ0) is 18.7. The van der Waals surface area contributed by atoms with Gasteiger partial charge in [0, 0.05) is 12.8 Å². The first-order chi connectivity index (χ1) is 11.7. The van der Waals surface area contributed by atoms with Crippen LogP contribution in [0.4, 0.5) is 0 Å². The molecule has 0 aromatic heterocycles. The maximum atomic E-state index is 12.8. The topological polar surface area (TPSA) is 113 Å². The molecule has 1 aromatic carbocycles. The van der Waals surface area contributed by atoms with Gasteiger partial charge in [0.1, 0.15) is 6.04 Å². The predicted molar refractivity (Wildman–Crippen MR) is 87.0 cm³/mol. The van der Waals surface area contributed by atoms with E-state index in [1.165, 1.54) is 25.1 Å². The number of amides is 2. The molecular weight excluding hydrogens is 375 g/mol. The number of nitrogens with zero attached hydrogens (tertiary/aromatic N) is 1. The van der Waals surface area contributed by atoms with Gasteiger partial charge in [0.15, 0.2) is 6.10 Å². The van der Waals surface area contributed by atoms with Gasteiger partial charge in [0.05, 0.1) is 15.6 Å². The van der Waals surface area contributed by atoms with Gasteiger partial charge in [-0.05, 0) is 19.1 Å². The van der Waals surface area contributed by atoms with Gasteiger partial charge < -0.3 is 9.84 Å². The van der Waals surface area contributed by atoms with E-state index in [0.29, 0.717) is 5.01 Å². The zero-order valence-corrected chi connectivity index (χ0v) is 14.5. The number of hydrogen-bond donors (Lipinski definition) is 2. The molecule has 0 saturated carbocycles. The number of carbonyl (C=O) groups is 4. The van der Waals surface area contributed by atoms with Crippen molar-refractivity contribution in [1.82, 2.24) is 10.4 Å². The van der Waals surface area contributed by atoms with Crippen molar-refractivity contribution in [2.24, 2.45) is 0 Å². The summed E-state index contributed by atoms with van der Waals surface area (Å²) in [6, 6.07) is 3.05. The van der Waals surface area contributed by atoms with Crippen molar-refractivity contribution in [1.29, 1.82) is 0 Å². The molecule has 2 atom stereocenters. The largest absolute Gasteiger partial charge is 0.480 e. The maximum Gasteiger partial charge on any atom is 0.322 e. The van der Waals surface area contributed by atoms with Crippen molar-refractivity contribution >= 4 is 47.0 Å². The maximum absolute atomic E-state index is 12.8. The average molecular weight is 389 g/mol. The van der Waals surface area contributed by atoms with Gasteiger partial charge in [-0.15, -0.1) is 0 Å². The van der Waals surface area contributed by atoms with Crippen LogP contribution in [0, 0.1) is 0 Å². The van der Waals surface area contributed by atoms with Crippen molar-refractivity contribution in [3.63, 3.8) is 0 Å². The number of aliphatic carboxylic acids is 1. The highest BCUT2D eigenvalue weighted by atomic mass is 35.5. The van der Waals surface area contributed by atoms with E-state index >= 15 is 0 Å². The second kappa shape index (κ2) is 7.81. The van der Waals surface area contributed by atoms with Crippen LogP contribution in [0.3, 0.4) is 0 Å². The second-order valence-corrected chi connectivity index (χ2v) is 6.10. The Labute approximate surface area is 152 Å². The zero-order valence-electron chi connectivity index (χ0n) is 13.0. The fraction of sp³-hybridized carbons (Fsp3) is 0.333. The quantitative estimate of drug-likeness (QED) is 0.447. The van der Waals surface area contributed by atoms with E-state index in [4.69, 9.17) is 33.0 Å². The minimum absolute atomic E-state index is 0.0107. The minimum Gasteiger partial charge on any atom is -0.480 e. The summed E-state index contributed by atoms with van der Waals surface area (Å²) in [5.41, 5.74) is 2.11. The van der Waals surface area contributed by atoms with E-state index in [1.807, 2.05) is 0 Å². The molecule has 1 saturated heterocycles. The molecule has 0 bridgehead atoms. The standard InChI is InChI=1S/C15H14Cl2N2O6/c1-7(15(23)24)18-19(13(21)10-5-6-11(20)25-10)14(22)12-8(16)3-2-4-9(12)17/h2-4,7,10,18H,5-6H2,1H3,(H,23,24)/t7-,10-/m0/s1. The van der Waals surface area contributed by atoms with Gasteiger partial charge >= 0.3 is 11.9 Å². The van der Waals surface area contributed by atoms with Gasteiger partial charge in [0.2, 0.25) is 0 Å². The normalized spacial score (nSPS) is 17.7. The lowest BCUT2D eigenvalue weighted by molar-refractivity contribution is -0.154. The molecule has 25 heavy (non-hydrogen) atoms. The molecule has 1 aromatic rings. The number of carboxylic acids is 1. The van der Waals surface area contributed by atoms with E-state index in [1.54, 1.807) is 0 Å². The van der Waals surface area contributed by atoms with Crippen LogP contribution >= 0.6 is 23.2 Å². The highest BCUT2D eigenvalue weighted by molar-refractivity contribution is 6.40. The van der Waals surface area contributed by atoms with Gasteiger partial charge in [-0.1, -0.05) is 29.3 Å². The average Bonchev–Trinajstić information content (AvgIpc) is 2.97. The number of nitrogens with one attached hydrogen (secondary N) is 1. The third kappa shape index (κ3) is 4.28. The smallest absolute Gasteiger partial charge is 0.322 e. The molecule has 2 rings (SSSR count). The summed E-state index contributed by atoms with van der Waals surface area (Å²) in [7, 11) is 0. The number of carbonyl (C=O) groups excluding carboxylic acids is 3. The summed E-state index contributed by atoms with van der Waals surface area (Å²) < 4.78 is 4.86. The Morgan fingerprint density at radius 1 is 1.32 bits per heavy atom. The van der Waals surface area contributed by atoms with Crippen molar-refractivity contribution in [2.75, 3.05) is 0 Å². The number of hydrazine groups is 1. The number of ether oxygens (including phenoxy) is 1. The molecular formula is C15H14Cl2N2O6. The highest BCUT2D eigenvalue weighted by Gasteiger charge is 2.38. The van der Waals surface area contributed by atoms with Crippen LogP contribution in [-0.2, 0) is 19.1 Å². The Morgan fingerprint density at radius 2 is 1.92 bits per heavy atom. The number of esters is 1. The van der Waals surface area contributed by atoms with Crippen LogP contribution in [0.15, 0.2) is 18.2 Å². The Bertz CT molecular complexity index is 718. The van der Waals surface area contributed by atoms with E-state index in [-0.39, 0.29) is 28.5 Å². The first kappa shape index (κ1) is 19.2. The summed E-state index contributed by atoms with van der Waals surface area (Å²) in [6.45, 7) is 1.24. The lowest BCUT2D eigenvalue weighted by Crippen LogP contribution is -2.55. The van der Waals surface area contributed by atoms with Crippen LogP contribution < -0.4 is 5.43 Å². The minimum atomic E-state index is -1.29. The molecule has 2 N–H and O–H groups in total. The molecule has 2 amide bonds. The number of rotatable bonds is 5. The molecule has 134 valence electrons. The molecule has 1 aliphatic rings. The number of halogens is 2. The van der Waals surface area contributed by atoms with Crippen molar-refractivity contribution < 1.29 is 29.0 Å². The number of carboxylic acid groups (broad SMARTS) is 1. The van der Waals surface area contributed by atoms with Gasteiger partial charge in [-0.25, -0.2) is 10.4 Å². The predicted octanol–water partition coefficient (Wildman–Crippen LogP) is 1.65. The SMILES string of the molecule is C[C@H](NN(C(=O)c1c(Cl)cccc1Cl)C(=O)[C@@H]1CCC(=O)O1)C(=O)O. The number of cyclic esters (lactones) is 1. The molecule has 8 nitrogen and oxygen atoms in total. The number of hydrogen-bond acceptors (Lipinski definition) is 6. The van der Waals surface area contributed by atoms with Gasteiger partial charge in [-0.3, -0.25) is 19.2 Å². The van der Waals surface area contributed by atoms with E-state index < -0.39 is 35.9 Å². The molecule has 0 spiro atoms. The summed E-state index contributed by atoms with van der Waals surface area (Å²) >= 11 is 12.0. The Balaban J connectivity index is 2.36. The lowest BCUT2D eigenvalue weighted by atomic mass is 10.1. The van der Waals surface area contributed by atoms with Crippen LogP contribution in [0.2, 0.25) is 10.0 Å². The Morgan fingerprint density at radius 3 is 2.40 bits per heavy atom. The number of benzene rings is 1. The van der Waals surface area contributed by atoms with Crippen LogP contribution in [0.25, 0.3) is 0 Å². The third-order valence-corrected chi connectivity index (χ3v) is 4.08. The molecule has 0 unspecified atom stereocenters. The fourth-order valence-corrected chi connectivity index (χ4v) is 2.69. The summed E-state index contributed by atoms with van der Waals surface area (Å²) in [4.78, 5) is 47.6. The highest BCUT2D eigenvalue weighted by Crippen LogP contribution is 2.26. The molecule has 0 aliphatic carbocycles. The van der Waals surface area contributed by atoms with Crippen molar-refractivity contribution in [3.8, 4) is 0 Å². The Kier molecular flexibility index (Phi) is 5.99. The molecule has 1 aliphatic heterocycles. The van der Waals surface area contributed by atoms with Crippen LogP contribution in [-0.4, -0.2) is 46.0 Å². The summed E-state index contributed by atoms with van der Waals surface area (Å²) in [5, 5.41) is 9.49. The van der Waals surface area contributed by atoms with Crippen molar-refractivity contribution in [3.05, 3.63) is 33.8 Å². The monoisotopic (exact) mass is 388 g/mol. The van der Waals surface area contributed by atoms with Gasteiger partial charge in [0.25, 0.3) is 11.8 Å². The van der Waals surface area contributed by atoms with Crippen molar-refractivity contribution in [2.45, 2.75) is 31.9 Å². The molecule has 10 heteroatoms. The van der Waals surface area contributed by atoms with E-state index in [9.17, 15) is 19.2 Å². The lowest BCUT2D eigenvalue weighted by Gasteiger charge is -2.26. The first-order valence-electron chi connectivity index (χ1n) is 7.23. The van der Waals surface area contributed by atoms with Crippen LogP contribution in [0.5, 0.6) is 0 Å². The van der Waals surface area contributed by atoms with Crippen LogP contribution in [0.1, 0.15) is 30.1 Å². The third-order valence-electron chi connectivity index (χ3n) is 3.45. The van der Waals surface area contributed by atoms with E-state index in [0.717, 1.165) is 0 Å². The first-order valence-corrected chi connectivity index (χ1v) is 7.98. The van der Waals surface area contributed by atoms with Gasteiger partial charge in [-0.2, -0.15) is 0 Å². The Hall–Kier alpha value is -2.16. The fourth-order valence-electron chi connectivity index (χ4n) is 2.13.